The van der Waals surface area contributed by atoms with Crippen LogP contribution in [0.1, 0.15) is 58.6 Å². The van der Waals surface area contributed by atoms with E-state index in [0.717, 1.165) is 30.4 Å². The third-order valence-electron chi connectivity index (χ3n) is 3.66. The maximum Gasteiger partial charge on any atom is 0.305 e. The molecule has 0 aliphatic carbocycles. The fraction of sp³-hybridized carbons (Fsp3) is 0.500. The Morgan fingerprint density at radius 1 is 1.08 bits per heavy atom. The van der Waals surface area contributed by atoms with E-state index < -0.39 is 18.2 Å². The van der Waals surface area contributed by atoms with Crippen LogP contribution in [-0.2, 0) is 25.5 Å². The smallest absolute Gasteiger partial charge is 0.305 e. The van der Waals surface area contributed by atoms with Crippen molar-refractivity contribution in [1.29, 1.82) is 0 Å². The van der Waals surface area contributed by atoms with Gasteiger partial charge in [0.15, 0.2) is 0 Å². The first kappa shape index (κ1) is 19.9. The SMILES string of the molecule is CCCCc1ccccc1C=C(C(C)C)C(OC(C)=O)OC(C)=O. The van der Waals surface area contributed by atoms with E-state index in [1.54, 1.807) is 0 Å². The summed E-state index contributed by atoms with van der Waals surface area (Å²) < 4.78 is 10.5. The van der Waals surface area contributed by atoms with Crippen molar-refractivity contribution in [1.82, 2.24) is 0 Å². The van der Waals surface area contributed by atoms with Crippen LogP contribution < -0.4 is 0 Å². The highest BCUT2D eigenvalue weighted by molar-refractivity contribution is 5.69. The molecule has 4 heteroatoms. The number of benzene rings is 1. The van der Waals surface area contributed by atoms with Gasteiger partial charge in [0.1, 0.15) is 0 Å². The molecule has 0 saturated carbocycles. The van der Waals surface area contributed by atoms with Gasteiger partial charge in [-0.25, -0.2) is 0 Å². The second-order valence-electron chi connectivity index (χ2n) is 6.15. The molecule has 1 aromatic rings. The maximum atomic E-state index is 11.4. The summed E-state index contributed by atoms with van der Waals surface area (Å²) in [6.45, 7) is 8.75. The Kier molecular flexibility index (Phi) is 8.24. The zero-order chi connectivity index (χ0) is 18.1. The quantitative estimate of drug-likeness (QED) is 0.519. The first-order chi connectivity index (χ1) is 11.3. The molecule has 0 N–H and O–H groups in total. The molecule has 0 aromatic heterocycles. The molecule has 0 atom stereocenters. The van der Waals surface area contributed by atoms with E-state index in [2.05, 4.69) is 13.0 Å². The topological polar surface area (TPSA) is 52.6 Å². The maximum absolute atomic E-state index is 11.4. The lowest BCUT2D eigenvalue weighted by Gasteiger charge is -2.23. The van der Waals surface area contributed by atoms with Gasteiger partial charge in [0.2, 0.25) is 0 Å². The number of hydrogen-bond acceptors (Lipinski definition) is 4. The molecule has 0 spiro atoms. The predicted molar refractivity (Wildman–Crippen MR) is 95.2 cm³/mol. The summed E-state index contributed by atoms with van der Waals surface area (Å²) in [5, 5.41) is 0. The number of rotatable bonds is 8. The van der Waals surface area contributed by atoms with Crippen LogP contribution in [0.4, 0.5) is 0 Å². The molecule has 0 aliphatic rings. The molecule has 0 fully saturated rings. The molecule has 0 radical (unpaired) electrons. The minimum Gasteiger partial charge on any atom is -0.421 e. The first-order valence-corrected chi connectivity index (χ1v) is 8.49. The standard InChI is InChI=1S/C20H28O4/c1-6-7-10-17-11-8-9-12-18(17)13-19(14(2)3)20(23-15(4)21)24-16(5)22/h8-9,11-14,20H,6-7,10H2,1-5H3. The largest absolute Gasteiger partial charge is 0.421 e. The van der Waals surface area contributed by atoms with Crippen LogP contribution in [0.3, 0.4) is 0 Å². The monoisotopic (exact) mass is 332 g/mol. The molecule has 0 saturated heterocycles. The van der Waals surface area contributed by atoms with Crippen molar-refractivity contribution in [3.05, 3.63) is 41.0 Å². The lowest BCUT2D eigenvalue weighted by Crippen LogP contribution is -2.27. The lowest BCUT2D eigenvalue weighted by atomic mass is 9.95. The number of esters is 2. The minimum atomic E-state index is -0.987. The summed E-state index contributed by atoms with van der Waals surface area (Å²) in [5.74, 6) is -0.896. The fourth-order valence-corrected chi connectivity index (χ4v) is 2.42. The lowest BCUT2D eigenvalue weighted by molar-refractivity contribution is -0.178. The Morgan fingerprint density at radius 2 is 1.67 bits per heavy atom. The van der Waals surface area contributed by atoms with Crippen LogP contribution in [-0.4, -0.2) is 18.2 Å². The number of aryl methyl sites for hydroxylation is 1. The molecule has 132 valence electrons. The fourth-order valence-electron chi connectivity index (χ4n) is 2.42. The van der Waals surface area contributed by atoms with Crippen LogP contribution in [0.25, 0.3) is 6.08 Å². The Morgan fingerprint density at radius 3 is 2.17 bits per heavy atom. The molecule has 1 aromatic carbocycles. The molecular formula is C20H28O4. The van der Waals surface area contributed by atoms with Gasteiger partial charge in [0, 0.05) is 19.4 Å². The van der Waals surface area contributed by atoms with Crippen molar-refractivity contribution >= 4 is 18.0 Å². The third-order valence-corrected chi connectivity index (χ3v) is 3.66. The van der Waals surface area contributed by atoms with Crippen molar-refractivity contribution in [2.45, 2.75) is 60.2 Å². The summed E-state index contributed by atoms with van der Waals surface area (Å²) in [7, 11) is 0. The summed E-state index contributed by atoms with van der Waals surface area (Å²) in [4.78, 5) is 22.8. The number of unbranched alkanes of at least 4 members (excludes halogenated alkanes) is 1. The van der Waals surface area contributed by atoms with Gasteiger partial charge >= 0.3 is 11.9 Å². The Labute approximate surface area is 144 Å². The Hall–Kier alpha value is -2.10. The first-order valence-electron chi connectivity index (χ1n) is 8.49. The predicted octanol–water partition coefficient (Wildman–Crippen LogP) is 4.52. The van der Waals surface area contributed by atoms with Gasteiger partial charge in [0.25, 0.3) is 6.29 Å². The molecule has 4 nitrogen and oxygen atoms in total. The van der Waals surface area contributed by atoms with Gasteiger partial charge in [-0.05, 0) is 36.0 Å². The van der Waals surface area contributed by atoms with E-state index in [1.807, 2.05) is 38.1 Å². The second-order valence-corrected chi connectivity index (χ2v) is 6.15. The van der Waals surface area contributed by atoms with E-state index in [9.17, 15) is 9.59 Å². The molecule has 24 heavy (non-hydrogen) atoms. The summed E-state index contributed by atoms with van der Waals surface area (Å²) in [5.41, 5.74) is 3.07. The van der Waals surface area contributed by atoms with Crippen LogP contribution in [0.2, 0.25) is 0 Å². The molecule has 0 heterocycles. The van der Waals surface area contributed by atoms with Crippen molar-refractivity contribution in [3.63, 3.8) is 0 Å². The highest BCUT2D eigenvalue weighted by atomic mass is 16.7. The highest BCUT2D eigenvalue weighted by Crippen LogP contribution is 2.24. The van der Waals surface area contributed by atoms with E-state index in [4.69, 9.17) is 9.47 Å². The minimum absolute atomic E-state index is 0.0629. The third kappa shape index (κ3) is 6.57. The van der Waals surface area contributed by atoms with E-state index in [1.165, 1.54) is 19.4 Å². The zero-order valence-corrected chi connectivity index (χ0v) is 15.3. The molecule has 0 bridgehead atoms. The molecular weight excluding hydrogens is 304 g/mol. The average Bonchev–Trinajstić information content (AvgIpc) is 2.49. The van der Waals surface area contributed by atoms with Crippen molar-refractivity contribution in [2.75, 3.05) is 0 Å². The number of hydrogen-bond donors (Lipinski definition) is 0. The Balaban J connectivity index is 3.23. The summed E-state index contributed by atoms with van der Waals surface area (Å²) in [6.07, 6.45) is 4.21. The van der Waals surface area contributed by atoms with Gasteiger partial charge in [-0.2, -0.15) is 0 Å². The zero-order valence-electron chi connectivity index (χ0n) is 15.3. The molecule has 0 aliphatic heterocycles. The van der Waals surface area contributed by atoms with Crippen molar-refractivity contribution < 1.29 is 19.1 Å². The number of ether oxygens (including phenoxy) is 2. The average molecular weight is 332 g/mol. The molecule has 1 rings (SSSR count). The number of carbonyl (C=O) groups excluding carboxylic acids is 2. The highest BCUT2D eigenvalue weighted by Gasteiger charge is 2.23. The van der Waals surface area contributed by atoms with E-state index in [0.29, 0.717) is 0 Å². The summed E-state index contributed by atoms with van der Waals surface area (Å²) >= 11 is 0. The van der Waals surface area contributed by atoms with Crippen molar-refractivity contribution in [3.8, 4) is 0 Å². The second kappa shape index (κ2) is 9.91. The van der Waals surface area contributed by atoms with Gasteiger partial charge in [0.05, 0.1) is 0 Å². The molecule has 0 unspecified atom stereocenters. The normalized spacial score (nSPS) is 11.7. The van der Waals surface area contributed by atoms with E-state index in [-0.39, 0.29) is 5.92 Å². The molecule has 0 amide bonds. The van der Waals surface area contributed by atoms with Crippen LogP contribution in [0.5, 0.6) is 0 Å². The van der Waals surface area contributed by atoms with Crippen LogP contribution in [0, 0.1) is 5.92 Å². The number of carbonyl (C=O) groups is 2. The summed E-state index contributed by atoms with van der Waals surface area (Å²) in [6, 6.07) is 8.14. The van der Waals surface area contributed by atoms with Crippen LogP contribution in [0.15, 0.2) is 29.8 Å². The van der Waals surface area contributed by atoms with Crippen molar-refractivity contribution in [2.24, 2.45) is 5.92 Å². The van der Waals surface area contributed by atoms with Gasteiger partial charge in [-0.1, -0.05) is 51.5 Å². The van der Waals surface area contributed by atoms with Gasteiger partial charge in [-0.3, -0.25) is 9.59 Å². The Bertz CT molecular complexity index is 571. The van der Waals surface area contributed by atoms with Crippen LogP contribution >= 0.6 is 0 Å². The van der Waals surface area contributed by atoms with Gasteiger partial charge < -0.3 is 9.47 Å². The van der Waals surface area contributed by atoms with Gasteiger partial charge in [-0.15, -0.1) is 0 Å². The van der Waals surface area contributed by atoms with E-state index >= 15 is 0 Å².